The molecule has 0 unspecified atom stereocenters. The van der Waals surface area contributed by atoms with Crippen molar-refractivity contribution in [2.75, 3.05) is 6.54 Å². The van der Waals surface area contributed by atoms with E-state index in [0.717, 1.165) is 13.1 Å². The molecule has 0 saturated heterocycles. The van der Waals surface area contributed by atoms with Gasteiger partial charge in [-0.25, -0.2) is 0 Å². The summed E-state index contributed by atoms with van der Waals surface area (Å²) in [6.45, 7) is 4.37. The number of nitrogens with zero attached hydrogens (tertiary/aromatic N) is 1. The zero-order chi connectivity index (χ0) is 12.2. The highest BCUT2D eigenvalue weighted by Crippen LogP contribution is 2.06. The van der Waals surface area contributed by atoms with Gasteiger partial charge in [0.15, 0.2) is 0 Å². The molecule has 1 rings (SSSR count). The fourth-order valence-corrected chi connectivity index (χ4v) is 1.94. The molecule has 1 heterocycles. The summed E-state index contributed by atoms with van der Waals surface area (Å²) >= 11 is 0. The highest BCUT2D eigenvalue weighted by molar-refractivity contribution is 5.08. The van der Waals surface area contributed by atoms with Crippen LogP contribution in [0.2, 0.25) is 0 Å². The standard InChI is InChI=1S/C15H26N2/c1-2-3-4-5-6-7-8-11-17-14-15-9-12-16-13-10-15/h9-10,12-13,17H,2-8,11,14H2,1H3. The second kappa shape index (κ2) is 10.3. The molecule has 0 fully saturated rings. The van der Waals surface area contributed by atoms with Crippen LogP contribution in [0.5, 0.6) is 0 Å². The summed E-state index contributed by atoms with van der Waals surface area (Å²) in [5.41, 5.74) is 1.32. The first kappa shape index (κ1) is 14.2. The fourth-order valence-electron chi connectivity index (χ4n) is 1.94. The van der Waals surface area contributed by atoms with E-state index in [2.05, 4.69) is 29.4 Å². The van der Waals surface area contributed by atoms with Crippen LogP contribution in [0.1, 0.15) is 57.4 Å². The van der Waals surface area contributed by atoms with Crippen LogP contribution in [0, 0.1) is 0 Å². The first-order valence-electron chi connectivity index (χ1n) is 7.03. The Morgan fingerprint density at radius 1 is 0.941 bits per heavy atom. The second-order valence-electron chi connectivity index (χ2n) is 4.65. The Morgan fingerprint density at radius 2 is 1.59 bits per heavy atom. The summed E-state index contributed by atoms with van der Waals surface area (Å²) in [6, 6.07) is 4.13. The van der Waals surface area contributed by atoms with Gasteiger partial charge < -0.3 is 5.32 Å². The molecule has 96 valence electrons. The minimum absolute atomic E-state index is 0.971. The Morgan fingerprint density at radius 3 is 2.29 bits per heavy atom. The lowest BCUT2D eigenvalue weighted by Crippen LogP contribution is -2.14. The smallest absolute Gasteiger partial charge is 0.0271 e. The van der Waals surface area contributed by atoms with E-state index in [4.69, 9.17) is 0 Å². The van der Waals surface area contributed by atoms with Gasteiger partial charge >= 0.3 is 0 Å². The summed E-state index contributed by atoms with van der Waals surface area (Å²) in [5, 5.41) is 3.48. The summed E-state index contributed by atoms with van der Waals surface area (Å²) < 4.78 is 0. The van der Waals surface area contributed by atoms with Gasteiger partial charge in [0, 0.05) is 18.9 Å². The number of hydrogen-bond donors (Lipinski definition) is 1. The molecule has 0 saturated carbocycles. The lowest BCUT2D eigenvalue weighted by atomic mass is 10.1. The van der Waals surface area contributed by atoms with Gasteiger partial charge in [-0.2, -0.15) is 0 Å². The number of rotatable bonds is 10. The predicted octanol–water partition coefficient (Wildman–Crippen LogP) is 3.92. The first-order chi connectivity index (χ1) is 8.43. The largest absolute Gasteiger partial charge is 0.313 e. The molecule has 1 aromatic rings. The SMILES string of the molecule is CCCCCCCCCNCc1ccncc1. The third-order valence-electron chi connectivity index (χ3n) is 3.04. The van der Waals surface area contributed by atoms with E-state index >= 15 is 0 Å². The van der Waals surface area contributed by atoms with E-state index in [0.29, 0.717) is 0 Å². The van der Waals surface area contributed by atoms with Crippen molar-refractivity contribution < 1.29 is 0 Å². The maximum Gasteiger partial charge on any atom is 0.0271 e. The summed E-state index contributed by atoms with van der Waals surface area (Å²) in [6.07, 6.45) is 13.4. The highest BCUT2D eigenvalue weighted by atomic mass is 14.8. The summed E-state index contributed by atoms with van der Waals surface area (Å²) in [7, 11) is 0. The molecule has 0 atom stereocenters. The van der Waals surface area contributed by atoms with Crippen molar-refractivity contribution in [2.45, 2.75) is 58.4 Å². The molecule has 1 N–H and O–H groups in total. The Hall–Kier alpha value is -0.890. The number of pyridine rings is 1. The third kappa shape index (κ3) is 7.92. The molecular weight excluding hydrogens is 208 g/mol. The van der Waals surface area contributed by atoms with Crippen molar-refractivity contribution in [3.05, 3.63) is 30.1 Å². The van der Waals surface area contributed by atoms with E-state index in [-0.39, 0.29) is 0 Å². The molecule has 0 aliphatic rings. The molecule has 0 aromatic carbocycles. The van der Waals surface area contributed by atoms with E-state index in [1.54, 1.807) is 0 Å². The van der Waals surface area contributed by atoms with E-state index in [1.807, 2.05) is 12.4 Å². The molecule has 0 spiro atoms. The van der Waals surface area contributed by atoms with Gasteiger partial charge in [-0.05, 0) is 30.7 Å². The van der Waals surface area contributed by atoms with E-state index in [1.165, 1.54) is 50.5 Å². The van der Waals surface area contributed by atoms with Gasteiger partial charge in [0.25, 0.3) is 0 Å². The highest BCUT2D eigenvalue weighted by Gasteiger charge is 1.92. The van der Waals surface area contributed by atoms with Crippen LogP contribution in [0.4, 0.5) is 0 Å². The second-order valence-corrected chi connectivity index (χ2v) is 4.65. The number of hydrogen-bond acceptors (Lipinski definition) is 2. The Bertz CT molecular complexity index is 259. The minimum Gasteiger partial charge on any atom is -0.313 e. The third-order valence-corrected chi connectivity index (χ3v) is 3.04. The van der Waals surface area contributed by atoms with Crippen LogP contribution in [-0.2, 0) is 6.54 Å². The number of aromatic nitrogens is 1. The predicted molar refractivity (Wildman–Crippen MR) is 73.9 cm³/mol. The quantitative estimate of drug-likeness (QED) is 0.621. The molecule has 0 aliphatic carbocycles. The molecule has 0 aliphatic heterocycles. The van der Waals surface area contributed by atoms with Crippen molar-refractivity contribution in [3.8, 4) is 0 Å². The molecule has 17 heavy (non-hydrogen) atoms. The topological polar surface area (TPSA) is 24.9 Å². The molecule has 2 nitrogen and oxygen atoms in total. The van der Waals surface area contributed by atoms with Crippen molar-refractivity contribution in [1.82, 2.24) is 10.3 Å². The first-order valence-corrected chi connectivity index (χ1v) is 7.03. The van der Waals surface area contributed by atoms with Crippen molar-refractivity contribution in [1.29, 1.82) is 0 Å². The summed E-state index contributed by atoms with van der Waals surface area (Å²) in [4.78, 5) is 4.01. The normalized spacial score (nSPS) is 10.6. The Kier molecular flexibility index (Phi) is 8.57. The molecule has 1 aromatic heterocycles. The average Bonchev–Trinajstić information content (AvgIpc) is 2.38. The van der Waals surface area contributed by atoms with Gasteiger partial charge in [-0.1, -0.05) is 45.4 Å². The average molecular weight is 234 g/mol. The Balaban J connectivity index is 1.85. The zero-order valence-electron chi connectivity index (χ0n) is 11.1. The van der Waals surface area contributed by atoms with Crippen LogP contribution in [-0.4, -0.2) is 11.5 Å². The van der Waals surface area contributed by atoms with Crippen LogP contribution >= 0.6 is 0 Å². The van der Waals surface area contributed by atoms with Crippen LogP contribution in [0.15, 0.2) is 24.5 Å². The lowest BCUT2D eigenvalue weighted by Gasteiger charge is -2.04. The minimum atomic E-state index is 0.971. The maximum absolute atomic E-state index is 4.01. The summed E-state index contributed by atoms with van der Waals surface area (Å²) in [5.74, 6) is 0. The fraction of sp³-hybridized carbons (Fsp3) is 0.667. The van der Waals surface area contributed by atoms with Gasteiger partial charge in [-0.3, -0.25) is 4.98 Å². The number of nitrogens with one attached hydrogen (secondary N) is 1. The van der Waals surface area contributed by atoms with Crippen molar-refractivity contribution >= 4 is 0 Å². The molecule has 0 bridgehead atoms. The van der Waals surface area contributed by atoms with Crippen LogP contribution in [0.25, 0.3) is 0 Å². The van der Waals surface area contributed by atoms with E-state index in [9.17, 15) is 0 Å². The van der Waals surface area contributed by atoms with Gasteiger partial charge in [-0.15, -0.1) is 0 Å². The van der Waals surface area contributed by atoms with Gasteiger partial charge in [0.2, 0.25) is 0 Å². The molecule has 0 radical (unpaired) electrons. The molecule has 2 heteroatoms. The van der Waals surface area contributed by atoms with Crippen molar-refractivity contribution in [2.24, 2.45) is 0 Å². The molecular formula is C15H26N2. The molecule has 0 amide bonds. The van der Waals surface area contributed by atoms with Crippen LogP contribution < -0.4 is 5.32 Å². The monoisotopic (exact) mass is 234 g/mol. The lowest BCUT2D eigenvalue weighted by molar-refractivity contribution is 0.562. The van der Waals surface area contributed by atoms with Gasteiger partial charge in [0.1, 0.15) is 0 Å². The van der Waals surface area contributed by atoms with E-state index < -0.39 is 0 Å². The maximum atomic E-state index is 4.01. The number of unbranched alkanes of at least 4 members (excludes halogenated alkanes) is 6. The zero-order valence-corrected chi connectivity index (χ0v) is 11.1. The van der Waals surface area contributed by atoms with Gasteiger partial charge in [0.05, 0.1) is 0 Å². The van der Waals surface area contributed by atoms with Crippen molar-refractivity contribution in [3.63, 3.8) is 0 Å². The Labute approximate surface area is 106 Å². The van der Waals surface area contributed by atoms with Crippen LogP contribution in [0.3, 0.4) is 0 Å².